The molecule has 0 atom stereocenters. The van der Waals surface area contributed by atoms with Gasteiger partial charge in [-0.05, 0) is 59.7 Å². The topological polar surface area (TPSA) is 97.1 Å². The largest absolute Gasteiger partial charge is 0.307 e. The first-order valence-corrected chi connectivity index (χ1v) is 29.5. The molecule has 10 heteroatoms. The van der Waals surface area contributed by atoms with Crippen LogP contribution >= 0.6 is 0 Å². The third kappa shape index (κ3) is 7.69. The van der Waals surface area contributed by atoms with Crippen molar-refractivity contribution >= 4 is 87.2 Å². The molecular formula is C78H48N10. The zero-order valence-electron chi connectivity index (χ0n) is 47.2. The van der Waals surface area contributed by atoms with Crippen LogP contribution in [0.4, 0.5) is 0 Å². The standard InChI is InChI=1S/C78H48N10/c1-5-23-49(24-6-1)73-79-74(50-25-7-2-8-26-50)82-77(81-73)87-67-41-19-15-37-59(67)63-45-43-61-57-35-13-17-39-65(57)85(69(61)71(63)87)55-33-21-31-53(47-55)54-32-22-34-56(48-54)86-66-40-18-14-36-58(66)62-44-46-64-60-38-16-20-42-68(60)88(72(64)70(62)86)78-83-75(51-27-9-3-10-28-51)80-76(84-78)52-29-11-4-12-30-52/h1-48H. The lowest BCUT2D eigenvalue weighted by Crippen LogP contribution is -2.07. The van der Waals surface area contributed by atoms with Crippen molar-refractivity contribution < 1.29 is 0 Å². The molecule has 0 saturated carbocycles. The Bertz CT molecular complexity index is 5330. The van der Waals surface area contributed by atoms with E-state index < -0.39 is 0 Å². The second-order valence-electron chi connectivity index (χ2n) is 22.3. The molecule has 0 fully saturated rings. The number of aromatic nitrogens is 10. The smallest absolute Gasteiger partial charge is 0.238 e. The van der Waals surface area contributed by atoms with Crippen LogP contribution in [-0.4, -0.2) is 48.2 Å². The van der Waals surface area contributed by atoms with E-state index in [-0.39, 0.29) is 0 Å². The van der Waals surface area contributed by atoms with Gasteiger partial charge in [-0.25, -0.2) is 9.97 Å². The van der Waals surface area contributed by atoms with Gasteiger partial charge < -0.3 is 9.13 Å². The Morgan fingerprint density at radius 2 is 0.432 bits per heavy atom. The molecule has 0 aliphatic heterocycles. The molecule has 6 aromatic heterocycles. The molecule has 0 spiro atoms. The average Bonchev–Trinajstić information content (AvgIpc) is 1.76. The molecule has 0 saturated heterocycles. The van der Waals surface area contributed by atoms with Gasteiger partial charge in [-0.2, -0.15) is 19.9 Å². The summed E-state index contributed by atoms with van der Waals surface area (Å²) in [5.41, 5.74) is 16.1. The van der Waals surface area contributed by atoms with E-state index in [0.717, 1.165) is 132 Å². The summed E-state index contributed by atoms with van der Waals surface area (Å²) < 4.78 is 9.37. The minimum absolute atomic E-state index is 0.540. The zero-order valence-corrected chi connectivity index (χ0v) is 47.2. The fourth-order valence-corrected chi connectivity index (χ4v) is 13.4. The Morgan fingerprint density at radius 3 is 0.739 bits per heavy atom. The van der Waals surface area contributed by atoms with Crippen LogP contribution in [-0.2, 0) is 0 Å². The van der Waals surface area contributed by atoms with Crippen molar-refractivity contribution in [2.45, 2.75) is 0 Å². The minimum Gasteiger partial charge on any atom is -0.307 e. The summed E-state index contributed by atoms with van der Waals surface area (Å²) in [6.45, 7) is 0. The predicted molar refractivity (Wildman–Crippen MR) is 358 cm³/mol. The van der Waals surface area contributed by atoms with Crippen LogP contribution in [0.2, 0.25) is 0 Å². The summed E-state index contributed by atoms with van der Waals surface area (Å²) in [6, 6.07) is 102. The Labute approximate surface area is 503 Å². The lowest BCUT2D eigenvalue weighted by molar-refractivity contribution is 0.953. The van der Waals surface area contributed by atoms with Crippen molar-refractivity contribution in [1.29, 1.82) is 0 Å². The molecule has 0 aliphatic rings. The van der Waals surface area contributed by atoms with Gasteiger partial charge in [0.1, 0.15) is 0 Å². The van der Waals surface area contributed by atoms with E-state index in [1.807, 2.05) is 72.8 Å². The van der Waals surface area contributed by atoms with E-state index >= 15 is 0 Å². The molecule has 18 aromatic rings. The van der Waals surface area contributed by atoms with E-state index in [2.05, 4.69) is 237 Å². The average molecular weight is 1130 g/mol. The number of hydrogen-bond acceptors (Lipinski definition) is 6. The van der Waals surface area contributed by atoms with Gasteiger partial charge >= 0.3 is 0 Å². The highest BCUT2D eigenvalue weighted by Gasteiger charge is 2.26. The van der Waals surface area contributed by atoms with Gasteiger partial charge in [-0.3, -0.25) is 9.13 Å². The van der Waals surface area contributed by atoms with Gasteiger partial charge in [0.25, 0.3) is 0 Å². The summed E-state index contributed by atoms with van der Waals surface area (Å²) >= 11 is 0. The third-order valence-electron chi connectivity index (χ3n) is 17.3. The van der Waals surface area contributed by atoms with E-state index in [1.54, 1.807) is 0 Å². The number of benzene rings is 12. The lowest BCUT2D eigenvalue weighted by Gasteiger charge is -2.15. The number of para-hydroxylation sites is 4. The monoisotopic (exact) mass is 1120 g/mol. The Balaban J connectivity index is 0.855. The maximum Gasteiger partial charge on any atom is 0.238 e. The maximum absolute atomic E-state index is 5.35. The predicted octanol–water partition coefficient (Wildman–Crippen LogP) is 18.8. The zero-order chi connectivity index (χ0) is 57.8. The Morgan fingerprint density at radius 1 is 0.182 bits per heavy atom. The van der Waals surface area contributed by atoms with Crippen LogP contribution in [0.25, 0.3) is 167 Å². The second-order valence-corrected chi connectivity index (χ2v) is 22.3. The van der Waals surface area contributed by atoms with Crippen LogP contribution in [0.3, 0.4) is 0 Å². The van der Waals surface area contributed by atoms with E-state index in [0.29, 0.717) is 35.2 Å². The molecule has 410 valence electrons. The molecule has 0 bridgehead atoms. The normalized spacial score (nSPS) is 11.9. The first-order chi connectivity index (χ1) is 43.7. The number of fused-ring (bicyclic) bond motifs is 14. The van der Waals surface area contributed by atoms with Gasteiger partial charge in [0.05, 0.1) is 44.1 Å². The number of rotatable bonds is 9. The molecule has 0 amide bonds. The van der Waals surface area contributed by atoms with Gasteiger partial charge in [0.15, 0.2) is 23.3 Å². The van der Waals surface area contributed by atoms with Gasteiger partial charge in [-0.1, -0.05) is 243 Å². The molecule has 0 radical (unpaired) electrons. The fourth-order valence-electron chi connectivity index (χ4n) is 13.4. The Hall–Kier alpha value is -12.1. The summed E-state index contributed by atoms with van der Waals surface area (Å²) in [6.07, 6.45) is 0. The lowest BCUT2D eigenvalue weighted by atomic mass is 10.0. The summed E-state index contributed by atoms with van der Waals surface area (Å²) in [5, 5.41) is 8.95. The Kier molecular flexibility index (Phi) is 11.1. The van der Waals surface area contributed by atoms with Crippen molar-refractivity contribution in [2.75, 3.05) is 0 Å². The quantitative estimate of drug-likeness (QED) is 0.143. The molecule has 0 unspecified atom stereocenters. The van der Waals surface area contributed by atoms with E-state index in [1.165, 1.54) is 0 Å². The maximum atomic E-state index is 5.35. The highest BCUT2D eigenvalue weighted by molar-refractivity contribution is 6.25. The SMILES string of the molecule is c1ccc(-c2nc(-c3ccccc3)nc(-n3c4ccccc4c4ccc5c6ccccc6n(-c6cccc(-c7cccc(-n8c9ccccc9c9ccc%10c%11ccccc%11n(-c%11nc(-c%12ccccc%12)nc(-c%12ccccc%12)n%11)c%10c98)c7)c6)c5c43)n2)cc1. The van der Waals surface area contributed by atoms with E-state index in [9.17, 15) is 0 Å². The third-order valence-corrected chi connectivity index (χ3v) is 17.3. The summed E-state index contributed by atoms with van der Waals surface area (Å²) in [7, 11) is 0. The molecule has 0 N–H and O–H groups in total. The molecule has 10 nitrogen and oxygen atoms in total. The minimum atomic E-state index is 0.540. The van der Waals surface area contributed by atoms with Crippen LogP contribution in [0.1, 0.15) is 0 Å². The van der Waals surface area contributed by atoms with Gasteiger partial charge in [-0.15, -0.1) is 0 Å². The first kappa shape index (κ1) is 49.3. The van der Waals surface area contributed by atoms with Crippen molar-refractivity contribution in [2.24, 2.45) is 0 Å². The summed E-state index contributed by atoms with van der Waals surface area (Å²) in [4.78, 5) is 31.6. The highest BCUT2D eigenvalue weighted by atomic mass is 15.2. The fraction of sp³-hybridized carbons (Fsp3) is 0. The van der Waals surface area contributed by atoms with Crippen molar-refractivity contribution in [3.8, 4) is 79.9 Å². The van der Waals surface area contributed by atoms with Crippen LogP contribution < -0.4 is 0 Å². The summed E-state index contributed by atoms with van der Waals surface area (Å²) in [5.74, 6) is 3.48. The second kappa shape index (κ2) is 19.7. The molecule has 18 rings (SSSR count). The van der Waals surface area contributed by atoms with Crippen LogP contribution in [0, 0.1) is 0 Å². The van der Waals surface area contributed by atoms with Crippen LogP contribution in [0.15, 0.2) is 291 Å². The first-order valence-electron chi connectivity index (χ1n) is 29.5. The molecular weight excluding hydrogens is 1080 g/mol. The molecule has 12 aromatic carbocycles. The molecule has 0 aliphatic carbocycles. The van der Waals surface area contributed by atoms with E-state index in [4.69, 9.17) is 29.9 Å². The molecule has 88 heavy (non-hydrogen) atoms. The van der Waals surface area contributed by atoms with Crippen molar-refractivity contribution in [3.63, 3.8) is 0 Å². The van der Waals surface area contributed by atoms with Crippen molar-refractivity contribution in [1.82, 2.24) is 48.2 Å². The number of nitrogens with zero attached hydrogens (tertiary/aromatic N) is 10. The van der Waals surface area contributed by atoms with Gasteiger partial charge in [0, 0.05) is 76.7 Å². The molecule has 6 heterocycles. The number of hydrogen-bond donors (Lipinski definition) is 0. The van der Waals surface area contributed by atoms with Crippen molar-refractivity contribution in [3.05, 3.63) is 291 Å². The van der Waals surface area contributed by atoms with Crippen LogP contribution in [0.5, 0.6) is 0 Å². The highest BCUT2D eigenvalue weighted by Crippen LogP contribution is 2.45. The van der Waals surface area contributed by atoms with Gasteiger partial charge in [0.2, 0.25) is 11.9 Å².